The van der Waals surface area contributed by atoms with Crippen molar-refractivity contribution in [1.29, 1.82) is 5.26 Å². The zero-order valence-electron chi connectivity index (χ0n) is 17.0. The Morgan fingerprint density at radius 2 is 1.90 bits per heavy atom. The number of pyridine rings is 2. The molecule has 0 radical (unpaired) electrons. The van der Waals surface area contributed by atoms with Crippen molar-refractivity contribution >= 4 is 5.95 Å². The molecular formula is C24H20N6O. The van der Waals surface area contributed by atoms with E-state index >= 15 is 0 Å². The summed E-state index contributed by atoms with van der Waals surface area (Å²) >= 11 is 0. The van der Waals surface area contributed by atoms with E-state index < -0.39 is 0 Å². The summed E-state index contributed by atoms with van der Waals surface area (Å²) in [5, 5.41) is 9.32. The zero-order chi connectivity index (χ0) is 21.8. The summed E-state index contributed by atoms with van der Waals surface area (Å²) < 4.78 is 1.64. The number of nitriles is 1. The van der Waals surface area contributed by atoms with Crippen LogP contribution < -0.4 is 11.3 Å². The van der Waals surface area contributed by atoms with Crippen LogP contribution in [0.25, 0.3) is 22.5 Å². The summed E-state index contributed by atoms with van der Waals surface area (Å²) in [6, 6.07) is 18.5. The highest BCUT2D eigenvalue weighted by Crippen LogP contribution is 2.27. The van der Waals surface area contributed by atoms with E-state index in [9.17, 15) is 10.1 Å². The maximum absolute atomic E-state index is 12.3. The van der Waals surface area contributed by atoms with Crippen molar-refractivity contribution in [3.63, 3.8) is 0 Å². The van der Waals surface area contributed by atoms with Gasteiger partial charge in [0.15, 0.2) is 0 Å². The van der Waals surface area contributed by atoms with Crippen LogP contribution in [0.1, 0.15) is 16.8 Å². The quantitative estimate of drug-likeness (QED) is 0.542. The van der Waals surface area contributed by atoms with Crippen molar-refractivity contribution in [2.75, 3.05) is 5.73 Å². The number of hydrogen-bond donors (Lipinski definition) is 1. The number of aromatic nitrogens is 4. The van der Waals surface area contributed by atoms with Gasteiger partial charge in [0.2, 0.25) is 5.95 Å². The molecule has 31 heavy (non-hydrogen) atoms. The van der Waals surface area contributed by atoms with E-state index in [0.29, 0.717) is 29.9 Å². The average Bonchev–Trinajstić information content (AvgIpc) is 2.79. The first-order valence-corrected chi connectivity index (χ1v) is 9.80. The van der Waals surface area contributed by atoms with Crippen molar-refractivity contribution in [1.82, 2.24) is 19.5 Å². The molecule has 4 rings (SSSR count). The molecule has 7 nitrogen and oxygen atoms in total. The predicted molar refractivity (Wildman–Crippen MR) is 119 cm³/mol. The number of hydrogen-bond acceptors (Lipinski definition) is 6. The lowest BCUT2D eigenvalue weighted by Crippen LogP contribution is -2.20. The molecular weight excluding hydrogens is 388 g/mol. The second-order valence-corrected chi connectivity index (χ2v) is 7.11. The van der Waals surface area contributed by atoms with Crippen LogP contribution in [0, 0.1) is 18.3 Å². The van der Waals surface area contributed by atoms with Gasteiger partial charge in [-0.1, -0.05) is 18.2 Å². The molecule has 4 aromatic rings. The molecule has 0 atom stereocenters. The summed E-state index contributed by atoms with van der Waals surface area (Å²) in [7, 11) is 0. The van der Waals surface area contributed by atoms with E-state index in [0.717, 1.165) is 22.4 Å². The van der Waals surface area contributed by atoms with Gasteiger partial charge in [-0.3, -0.25) is 9.78 Å². The van der Waals surface area contributed by atoms with Gasteiger partial charge < -0.3 is 10.3 Å². The van der Waals surface area contributed by atoms with Crippen LogP contribution in [0.5, 0.6) is 0 Å². The van der Waals surface area contributed by atoms with Crippen LogP contribution in [-0.4, -0.2) is 19.5 Å². The Balaban J connectivity index is 1.70. The van der Waals surface area contributed by atoms with E-state index in [1.54, 1.807) is 29.1 Å². The third kappa shape index (κ3) is 4.33. The molecule has 0 spiro atoms. The molecule has 0 aliphatic rings. The van der Waals surface area contributed by atoms with Gasteiger partial charge >= 0.3 is 0 Å². The molecule has 0 aliphatic heterocycles. The number of aryl methyl sites for hydroxylation is 2. The number of nitrogens with two attached hydrogens (primary N) is 1. The number of rotatable bonds is 5. The Bertz CT molecular complexity index is 1340. The molecule has 1 aromatic carbocycles. The van der Waals surface area contributed by atoms with Gasteiger partial charge in [0.05, 0.1) is 23.0 Å². The minimum absolute atomic E-state index is 0.0977. The average molecular weight is 408 g/mol. The van der Waals surface area contributed by atoms with Gasteiger partial charge in [-0.15, -0.1) is 0 Å². The Morgan fingerprint density at radius 3 is 2.68 bits per heavy atom. The molecule has 7 heteroatoms. The molecule has 0 amide bonds. The molecule has 152 valence electrons. The molecule has 0 saturated heterocycles. The predicted octanol–water partition coefficient (Wildman–Crippen LogP) is 3.37. The molecule has 2 N–H and O–H groups in total. The van der Waals surface area contributed by atoms with Crippen LogP contribution in [0.4, 0.5) is 5.95 Å². The maximum Gasteiger partial charge on any atom is 0.250 e. The lowest BCUT2D eigenvalue weighted by atomic mass is 9.99. The van der Waals surface area contributed by atoms with Crippen LogP contribution in [0.15, 0.2) is 71.8 Å². The van der Waals surface area contributed by atoms with Crippen molar-refractivity contribution in [2.24, 2.45) is 0 Å². The fraction of sp³-hybridized carbons (Fsp3) is 0.125. The topological polar surface area (TPSA) is 110 Å². The summed E-state index contributed by atoms with van der Waals surface area (Å²) in [6.45, 7) is 2.38. The highest BCUT2D eigenvalue weighted by molar-refractivity contribution is 5.72. The van der Waals surface area contributed by atoms with Gasteiger partial charge in [-0.05, 0) is 42.8 Å². The minimum atomic E-state index is -0.0977. The van der Waals surface area contributed by atoms with Crippen molar-refractivity contribution < 1.29 is 0 Å². The first kappa shape index (κ1) is 20.0. The fourth-order valence-electron chi connectivity index (χ4n) is 3.42. The van der Waals surface area contributed by atoms with Gasteiger partial charge in [0, 0.05) is 48.2 Å². The summed E-state index contributed by atoms with van der Waals surface area (Å²) in [4.78, 5) is 25.4. The number of anilines is 1. The third-order valence-electron chi connectivity index (χ3n) is 5.09. The van der Waals surface area contributed by atoms with Gasteiger partial charge in [-0.25, -0.2) is 9.97 Å². The van der Waals surface area contributed by atoms with Crippen molar-refractivity contribution in [2.45, 2.75) is 19.9 Å². The molecule has 0 aliphatic carbocycles. The Labute approximate surface area is 179 Å². The van der Waals surface area contributed by atoms with Gasteiger partial charge in [0.25, 0.3) is 5.56 Å². The molecule has 0 fully saturated rings. The fourth-order valence-corrected chi connectivity index (χ4v) is 3.42. The lowest BCUT2D eigenvalue weighted by molar-refractivity contribution is 0.661. The van der Waals surface area contributed by atoms with Gasteiger partial charge in [-0.2, -0.15) is 5.26 Å². The van der Waals surface area contributed by atoms with E-state index in [1.165, 1.54) is 6.07 Å². The second kappa shape index (κ2) is 8.59. The van der Waals surface area contributed by atoms with Gasteiger partial charge in [0.1, 0.15) is 0 Å². The van der Waals surface area contributed by atoms with Crippen LogP contribution >= 0.6 is 0 Å². The number of nitrogen functional groups attached to an aromatic ring is 1. The highest BCUT2D eigenvalue weighted by atomic mass is 16.1. The van der Waals surface area contributed by atoms with E-state index in [2.05, 4.69) is 21.0 Å². The Kier molecular flexibility index (Phi) is 5.54. The molecule has 3 heterocycles. The van der Waals surface area contributed by atoms with Crippen molar-refractivity contribution in [3.05, 3.63) is 94.2 Å². The SMILES string of the molecule is Cc1c(C#N)cccc1-c1cc(-c2ccc(=O)n(CCc3ccccn3)c2)nc(N)n1. The van der Waals surface area contributed by atoms with E-state index in [-0.39, 0.29) is 11.5 Å². The second-order valence-electron chi connectivity index (χ2n) is 7.11. The zero-order valence-corrected chi connectivity index (χ0v) is 17.0. The largest absolute Gasteiger partial charge is 0.368 e. The monoisotopic (exact) mass is 408 g/mol. The number of nitrogens with zero attached hydrogens (tertiary/aromatic N) is 5. The lowest BCUT2D eigenvalue weighted by Gasteiger charge is -2.11. The van der Waals surface area contributed by atoms with Crippen molar-refractivity contribution in [3.8, 4) is 28.6 Å². The minimum Gasteiger partial charge on any atom is -0.368 e. The first-order valence-electron chi connectivity index (χ1n) is 9.80. The molecule has 3 aromatic heterocycles. The highest BCUT2D eigenvalue weighted by Gasteiger charge is 2.12. The summed E-state index contributed by atoms with van der Waals surface area (Å²) in [6.07, 6.45) is 4.15. The summed E-state index contributed by atoms with van der Waals surface area (Å²) in [5.74, 6) is 0.125. The smallest absolute Gasteiger partial charge is 0.250 e. The van der Waals surface area contributed by atoms with Crippen LogP contribution in [0.2, 0.25) is 0 Å². The summed E-state index contributed by atoms with van der Waals surface area (Å²) in [5.41, 5.74) is 11.0. The molecule has 0 bridgehead atoms. The normalized spacial score (nSPS) is 10.6. The first-order chi connectivity index (χ1) is 15.0. The Hall–Kier alpha value is -4.31. The molecule has 0 saturated carbocycles. The molecule has 0 unspecified atom stereocenters. The number of benzene rings is 1. The maximum atomic E-state index is 12.3. The van der Waals surface area contributed by atoms with E-state index in [1.807, 2.05) is 43.3 Å². The van der Waals surface area contributed by atoms with Crippen LogP contribution in [0.3, 0.4) is 0 Å². The van der Waals surface area contributed by atoms with Crippen LogP contribution in [-0.2, 0) is 13.0 Å². The standard InChI is InChI=1S/C24H20N6O/c1-16-17(14-25)5-4-7-20(16)22-13-21(28-24(26)29-22)18-8-9-23(31)30(15-18)12-10-19-6-2-3-11-27-19/h2-9,11,13,15H,10,12H2,1H3,(H2,26,28,29). The van der Waals surface area contributed by atoms with E-state index in [4.69, 9.17) is 5.73 Å². The Morgan fingerprint density at radius 1 is 1.06 bits per heavy atom. The third-order valence-corrected chi connectivity index (χ3v) is 5.09.